The molecular formula is C15H12FNO3. The maximum absolute atomic E-state index is 12.8. The molecule has 0 saturated heterocycles. The normalized spacial score (nSPS) is 10.1. The van der Waals surface area contributed by atoms with Crippen LogP contribution in [0.2, 0.25) is 0 Å². The Kier molecular flexibility index (Phi) is 3.79. The molecule has 2 aromatic rings. The molecule has 0 saturated carbocycles. The lowest BCUT2D eigenvalue weighted by Gasteiger charge is -2.07. The number of ketones is 1. The van der Waals surface area contributed by atoms with Crippen LogP contribution in [0.25, 0.3) is 0 Å². The van der Waals surface area contributed by atoms with Gasteiger partial charge in [0.05, 0.1) is 5.56 Å². The van der Waals surface area contributed by atoms with Crippen LogP contribution in [-0.2, 0) is 4.79 Å². The summed E-state index contributed by atoms with van der Waals surface area (Å²) in [6.07, 6.45) is 0. The summed E-state index contributed by atoms with van der Waals surface area (Å²) >= 11 is 0. The van der Waals surface area contributed by atoms with Gasteiger partial charge in [-0.2, -0.15) is 0 Å². The Balaban J connectivity index is 2.38. The van der Waals surface area contributed by atoms with Crippen molar-refractivity contribution in [2.45, 2.75) is 6.92 Å². The Hall–Kier alpha value is -2.69. The van der Waals surface area contributed by atoms with Gasteiger partial charge in [0.15, 0.2) is 5.78 Å². The zero-order valence-corrected chi connectivity index (χ0v) is 10.7. The third-order valence-corrected chi connectivity index (χ3v) is 2.67. The molecule has 2 rings (SSSR count). The summed E-state index contributed by atoms with van der Waals surface area (Å²) in [6, 6.07) is 9.19. The fourth-order valence-corrected chi connectivity index (χ4v) is 1.76. The summed E-state index contributed by atoms with van der Waals surface area (Å²) in [5.41, 5.74) is 0.699. The molecule has 0 bridgehead atoms. The van der Waals surface area contributed by atoms with Crippen molar-refractivity contribution in [2.24, 2.45) is 0 Å². The monoisotopic (exact) mass is 273 g/mol. The van der Waals surface area contributed by atoms with Gasteiger partial charge in [-0.25, -0.2) is 4.39 Å². The maximum Gasteiger partial charge on any atom is 0.221 e. The van der Waals surface area contributed by atoms with Crippen molar-refractivity contribution in [1.82, 2.24) is 0 Å². The van der Waals surface area contributed by atoms with Crippen LogP contribution >= 0.6 is 0 Å². The van der Waals surface area contributed by atoms with Crippen LogP contribution in [0.1, 0.15) is 22.8 Å². The van der Waals surface area contributed by atoms with Crippen molar-refractivity contribution < 1.29 is 19.1 Å². The number of halogens is 1. The minimum Gasteiger partial charge on any atom is -0.507 e. The first-order chi connectivity index (χ1) is 9.47. The van der Waals surface area contributed by atoms with Gasteiger partial charge in [0.25, 0.3) is 0 Å². The Morgan fingerprint density at radius 3 is 2.35 bits per heavy atom. The molecule has 0 heterocycles. The van der Waals surface area contributed by atoms with Crippen LogP contribution in [0.15, 0.2) is 42.5 Å². The highest BCUT2D eigenvalue weighted by molar-refractivity contribution is 6.11. The molecule has 0 unspecified atom stereocenters. The van der Waals surface area contributed by atoms with Gasteiger partial charge in [0.1, 0.15) is 11.6 Å². The van der Waals surface area contributed by atoms with Gasteiger partial charge in [0, 0.05) is 18.2 Å². The molecule has 0 aromatic heterocycles. The second-order valence-corrected chi connectivity index (χ2v) is 4.25. The fourth-order valence-electron chi connectivity index (χ4n) is 1.76. The number of nitrogens with one attached hydrogen (secondary N) is 1. The highest BCUT2D eigenvalue weighted by Crippen LogP contribution is 2.24. The van der Waals surface area contributed by atoms with E-state index in [1.54, 1.807) is 0 Å². The van der Waals surface area contributed by atoms with Gasteiger partial charge in [-0.15, -0.1) is 0 Å². The molecule has 0 spiro atoms. The van der Waals surface area contributed by atoms with Crippen molar-refractivity contribution >= 4 is 17.4 Å². The van der Waals surface area contributed by atoms with E-state index in [0.717, 1.165) is 0 Å². The third-order valence-electron chi connectivity index (χ3n) is 2.67. The van der Waals surface area contributed by atoms with E-state index in [-0.39, 0.29) is 22.8 Å². The summed E-state index contributed by atoms with van der Waals surface area (Å²) in [7, 11) is 0. The quantitative estimate of drug-likeness (QED) is 0.667. The second kappa shape index (κ2) is 5.52. The minimum atomic E-state index is -0.449. The average molecular weight is 273 g/mol. The van der Waals surface area contributed by atoms with Gasteiger partial charge >= 0.3 is 0 Å². The minimum absolute atomic E-state index is 0.0443. The summed E-state index contributed by atoms with van der Waals surface area (Å²) in [5.74, 6) is -1.38. The molecule has 102 valence electrons. The van der Waals surface area contributed by atoms with Gasteiger partial charge in [-0.1, -0.05) is 0 Å². The number of aromatic hydroxyl groups is 1. The summed E-state index contributed by atoms with van der Waals surface area (Å²) in [4.78, 5) is 23.2. The molecule has 5 heteroatoms. The van der Waals surface area contributed by atoms with Crippen LogP contribution in [0.5, 0.6) is 5.75 Å². The molecule has 0 aliphatic carbocycles. The molecule has 0 fully saturated rings. The predicted octanol–water partition coefficient (Wildman–Crippen LogP) is 2.72. The molecule has 0 aliphatic rings. The summed E-state index contributed by atoms with van der Waals surface area (Å²) < 4.78 is 12.8. The number of rotatable bonds is 3. The van der Waals surface area contributed by atoms with E-state index in [1.807, 2.05) is 0 Å². The average Bonchev–Trinajstić information content (AvgIpc) is 2.40. The number of anilines is 1. The van der Waals surface area contributed by atoms with Crippen molar-refractivity contribution in [3.63, 3.8) is 0 Å². The van der Waals surface area contributed by atoms with Crippen LogP contribution in [0.3, 0.4) is 0 Å². The smallest absolute Gasteiger partial charge is 0.221 e. The SMILES string of the molecule is CC(=O)Nc1ccc(O)c(C(=O)c2ccc(F)cc2)c1. The number of phenols is 1. The van der Waals surface area contributed by atoms with E-state index in [0.29, 0.717) is 5.69 Å². The Bertz CT molecular complexity index is 665. The lowest BCUT2D eigenvalue weighted by molar-refractivity contribution is -0.114. The molecule has 1 amide bonds. The lowest BCUT2D eigenvalue weighted by atomic mass is 10.0. The topological polar surface area (TPSA) is 66.4 Å². The van der Waals surface area contributed by atoms with Gasteiger partial charge in [-0.3, -0.25) is 9.59 Å². The first-order valence-electron chi connectivity index (χ1n) is 5.88. The molecular weight excluding hydrogens is 261 g/mol. The Morgan fingerprint density at radius 1 is 1.10 bits per heavy atom. The van der Waals surface area contributed by atoms with Gasteiger partial charge in [0.2, 0.25) is 5.91 Å². The Labute approximate surface area is 114 Å². The van der Waals surface area contributed by atoms with E-state index >= 15 is 0 Å². The van der Waals surface area contributed by atoms with E-state index in [4.69, 9.17) is 0 Å². The molecule has 0 radical (unpaired) electrons. The zero-order valence-electron chi connectivity index (χ0n) is 10.7. The fraction of sp³-hybridized carbons (Fsp3) is 0.0667. The number of benzene rings is 2. The molecule has 20 heavy (non-hydrogen) atoms. The maximum atomic E-state index is 12.8. The third kappa shape index (κ3) is 3.00. The van der Waals surface area contributed by atoms with Crippen molar-refractivity contribution in [1.29, 1.82) is 0 Å². The number of hydrogen-bond donors (Lipinski definition) is 2. The van der Waals surface area contributed by atoms with Crippen LogP contribution < -0.4 is 5.32 Å². The van der Waals surface area contributed by atoms with E-state index in [2.05, 4.69) is 5.32 Å². The lowest BCUT2D eigenvalue weighted by Crippen LogP contribution is -2.08. The molecule has 0 aliphatic heterocycles. The zero-order chi connectivity index (χ0) is 14.7. The number of carbonyl (C=O) groups excluding carboxylic acids is 2. The highest BCUT2D eigenvalue weighted by atomic mass is 19.1. The molecule has 2 N–H and O–H groups in total. The summed E-state index contributed by atoms with van der Waals surface area (Å²) in [6.45, 7) is 1.34. The summed E-state index contributed by atoms with van der Waals surface area (Å²) in [5, 5.41) is 12.3. The van der Waals surface area contributed by atoms with E-state index in [1.165, 1.54) is 49.4 Å². The highest BCUT2D eigenvalue weighted by Gasteiger charge is 2.14. The number of carbonyl (C=O) groups is 2. The molecule has 0 atom stereocenters. The van der Waals surface area contributed by atoms with Crippen molar-refractivity contribution in [3.8, 4) is 5.75 Å². The van der Waals surface area contributed by atoms with Crippen molar-refractivity contribution in [3.05, 3.63) is 59.4 Å². The molecule has 4 nitrogen and oxygen atoms in total. The molecule has 2 aromatic carbocycles. The van der Waals surface area contributed by atoms with Gasteiger partial charge < -0.3 is 10.4 Å². The van der Waals surface area contributed by atoms with Crippen LogP contribution in [-0.4, -0.2) is 16.8 Å². The van der Waals surface area contributed by atoms with Crippen LogP contribution in [0.4, 0.5) is 10.1 Å². The van der Waals surface area contributed by atoms with E-state index < -0.39 is 11.6 Å². The largest absolute Gasteiger partial charge is 0.507 e. The van der Waals surface area contributed by atoms with Crippen molar-refractivity contribution in [2.75, 3.05) is 5.32 Å². The van der Waals surface area contributed by atoms with E-state index in [9.17, 15) is 19.1 Å². The number of hydrogen-bond acceptors (Lipinski definition) is 3. The van der Waals surface area contributed by atoms with Gasteiger partial charge in [-0.05, 0) is 42.5 Å². The first-order valence-corrected chi connectivity index (χ1v) is 5.88. The first kappa shape index (κ1) is 13.7. The predicted molar refractivity (Wildman–Crippen MR) is 72.2 cm³/mol. The Morgan fingerprint density at radius 2 is 1.75 bits per heavy atom. The van der Waals surface area contributed by atoms with Crippen LogP contribution in [0, 0.1) is 5.82 Å². The second-order valence-electron chi connectivity index (χ2n) is 4.25. The number of phenolic OH excluding ortho intramolecular Hbond substituents is 1. The number of amides is 1. The standard InChI is InChI=1S/C15H12FNO3/c1-9(18)17-12-6-7-14(19)13(8-12)15(20)10-2-4-11(16)5-3-10/h2-8,19H,1H3,(H,17,18).